The van der Waals surface area contributed by atoms with Crippen molar-refractivity contribution >= 4 is 159 Å². The van der Waals surface area contributed by atoms with Crippen LogP contribution in [-0.4, -0.2) is 189 Å². The Hall–Kier alpha value is -8.69. The molecule has 12 heterocycles. The molecular weight excluding hydrogens is 1660 g/mol. The van der Waals surface area contributed by atoms with Crippen LogP contribution in [0.15, 0.2) is 118 Å². The number of β-lactam (4-membered cyclic amide) rings is 3. The topological polar surface area (TPSA) is 411 Å². The lowest BCUT2D eigenvalue weighted by molar-refractivity contribution is -0.774. The second kappa shape index (κ2) is 32.9. The van der Waals surface area contributed by atoms with Gasteiger partial charge in [0.2, 0.25) is 37.4 Å². The number of halogens is 1. The minimum absolute atomic E-state index is 0. The van der Waals surface area contributed by atoms with Crippen molar-refractivity contribution in [2.45, 2.75) is 119 Å². The number of nitro benzene ring substituents is 2. The summed E-state index contributed by atoms with van der Waals surface area (Å²) in [7, 11) is 5.97. The van der Waals surface area contributed by atoms with Crippen LogP contribution < -0.4 is 48.9 Å². The number of carboxylic acids is 1. The third kappa shape index (κ3) is 14.2. The maximum atomic E-state index is 13.6. The highest BCUT2D eigenvalue weighted by atomic mass is 127. The first-order chi connectivity index (χ1) is 51.9. The Kier molecular flexibility index (Phi) is 24.6. The third-order valence-electron chi connectivity index (χ3n) is 20.3. The van der Waals surface area contributed by atoms with Gasteiger partial charge in [0, 0.05) is 93.3 Å². The van der Waals surface area contributed by atoms with Crippen LogP contribution in [0.3, 0.4) is 0 Å². The smallest absolute Gasteiger partial charge is 0.355 e. The highest BCUT2D eigenvalue weighted by molar-refractivity contribution is 7.99. The van der Waals surface area contributed by atoms with Crippen molar-refractivity contribution in [2.24, 2.45) is 35.5 Å². The van der Waals surface area contributed by atoms with Crippen molar-refractivity contribution in [3.05, 3.63) is 149 Å². The number of benzene rings is 2. The fourth-order valence-electron chi connectivity index (χ4n) is 15.3. The van der Waals surface area contributed by atoms with E-state index >= 15 is 0 Å². The molecule has 5 amide bonds. The van der Waals surface area contributed by atoms with Gasteiger partial charge in [-0.25, -0.2) is 14.6 Å². The number of aliphatic hydroxyl groups excluding tert-OH is 3. The average molecular weight is 1740 g/mol. The number of ether oxygens (including phenoxy) is 4. The van der Waals surface area contributed by atoms with Gasteiger partial charge in [0.25, 0.3) is 48.3 Å². The number of aliphatic hydroxyl groups is 3. The van der Waals surface area contributed by atoms with E-state index in [2.05, 4.69) is 15.6 Å². The van der Waals surface area contributed by atoms with Gasteiger partial charge in [-0.15, -0.1) is 23.1 Å². The lowest BCUT2D eigenvalue weighted by Crippen LogP contribution is -3.00. The van der Waals surface area contributed by atoms with Crippen LogP contribution in [0.2, 0.25) is 0 Å². The summed E-state index contributed by atoms with van der Waals surface area (Å²) in [5.41, 5.74) is 3.00. The van der Waals surface area contributed by atoms with Gasteiger partial charge in [-0.2, -0.15) is 17.9 Å². The summed E-state index contributed by atoms with van der Waals surface area (Å²) < 4.78 is 31.2. The predicted molar refractivity (Wildman–Crippen MR) is 396 cm³/mol. The van der Waals surface area contributed by atoms with Crippen molar-refractivity contribution in [1.29, 1.82) is 0 Å². The van der Waals surface area contributed by atoms with Gasteiger partial charge in [0.1, 0.15) is 53.2 Å². The second-order valence-corrected chi connectivity index (χ2v) is 32.0. The number of fused-ring (bicyclic) bond motifs is 6. The quantitative estimate of drug-likeness (QED) is 0.0109. The van der Waals surface area contributed by atoms with Gasteiger partial charge >= 0.3 is 11.9 Å². The minimum Gasteiger partial charge on any atom is -1.00 e. The van der Waals surface area contributed by atoms with Crippen LogP contribution in [0.5, 0.6) is 0 Å². The summed E-state index contributed by atoms with van der Waals surface area (Å²) in [6.07, 6.45) is 12.1. The number of carbonyl (C=O) groups excluding carboxylic acids is 8. The molecule has 6 aliphatic heterocycles. The molecule has 0 radical (unpaired) electrons. The van der Waals surface area contributed by atoms with E-state index in [1.807, 2.05) is 71.3 Å². The number of carboxylic acid groups (broad SMARTS) is 1. The number of imidazole rings is 3. The Labute approximate surface area is 669 Å². The molecular formula is C70H76IN13O20S6. The van der Waals surface area contributed by atoms with E-state index in [0.717, 1.165) is 44.2 Å². The molecule has 14 atom stereocenters. The van der Waals surface area contributed by atoms with Crippen LogP contribution >= 0.6 is 69.3 Å². The Bertz CT molecular complexity index is 4900. The molecule has 584 valence electrons. The van der Waals surface area contributed by atoms with Crippen LogP contribution in [0, 0.1) is 55.7 Å². The normalized spacial score (nSPS) is 22.3. The number of non-ortho nitro benzene ring substituents is 2. The summed E-state index contributed by atoms with van der Waals surface area (Å²) in [6, 6.07) is 10.2. The summed E-state index contributed by atoms with van der Waals surface area (Å²) in [6.45, 7) is 10.1. The Morgan fingerprint density at radius 2 is 0.900 bits per heavy atom. The molecule has 3 fully saturated rings. The lowest BCUT2D eigenvalue weighted by Gasteiger charge is -2.47. The molecule has 33 nitrogen and oxygen atoms in total. The minimum atomic E-state index is -1.36. The first-order valence-electron chi connectivity index (χ1n) is 33.9. The van der Waals surface area contributed by atoms with E-state index in [-0.39, 0.29) is 119 Å². The third-order valence-corrected chi connectivity index (χ3v) is 26.4. The molecule has 0 aliphatic carbocycles. The number of nitrogens with one attached hydrogen (secondary N) is 2. The zero-order chi connectivity index (χ0) is 79.0. The van der Waals surface area contributed by atoms with Crippen LogP contribution in [-0.2, 0) is 70.5 Å². The average Bonchev–Trinajstić information content (AvgIpc) is 1.54. The van der Waals surface area contributed by atoms with Crippen LogP contribution in [0.4, 0.5) is 11.4 Å². The monoisotopic (exact) mass is 1740 g/mol. The SMILES string of the molecule is CNC(=O)C(OC)[n+]1cn2cc(C3=C(C(=O)OCc4ccc([N+](=O)[O-])cc4)N4C(=O)[C@H]([C@@H](C)O)[C@H]4[C@H]3C)sc2c1SC.CNC(=O)C(OC)[n+]1cn2cc(C3=C(C(=O)OCc4ccc([N+](=O)[O-])cc4)N4C(=O)[C@H]([C@@H](C)O)[C@H]4[C@H]3C)sc2c1SC.CSc1ncn2cc(C3=C(C(=O)[O-])N4C(=O)[C@H]([C@@H](C)O)[C@H]4[C@H]3C)sc12.[I-]. The number of likely N-dealkylation sites (N-methyl/N-ethyl adjacent to an activating group) is 2. The molecule has 0 bridgehead atoms. The number of thioether (sulfide) groups is 3. The van der Waals surface area contributed by atoms with E-state index in [0.29, 0.717) is 27.8 Å². The predicted octanol–water partition coefficient (Wildman–Crippen LogP) is 1.68. The van der Waals surface area contributed by atoms with Crippen LogP contribution in [0.25, 0.3) is 31.2 Å². The van der Waals surface area contributed by atoms with Crippen molar-refractivity contribution in [3.63, 3.8) is 0 Å². The molecule has 6 aliphatic rings. The van der Waals surface area contributed by atoms with E-state index in [4.69, 9.17) is 18.9 Å². The molecule has 0 saturated carbocycles. The Balaban J connectivity index is 0.000000168. The first-order valence-corrected chi connectivity index (χ1v) is 40.0. The first kappa shape index (κ1) is 82.3. The molecule has 5 N–H and O–H groups in total. The molecule has 0 spiro atoms. The number of nitro groups is 2. The molecule has 14 rings (SSSR count). The number of nitrogens with zero attached hydrogens (tertiary/aromatic N) is 11. The second-order valence-electron chi connectivity index (χ2n) is 26.5. The fraction of sp³-hybridized carbons (Fsp3) is 0.414. The number of aliphatic carboxylic acids is 1. The molecule has 8 aromatic rings. The van der Waals surface area contributed by atoms with Crippen molar-refractivity contribution < 1.29 is 121 Å². The van der Waals surface area contributed by atoms with Gasteiger partial charge in [-0.3, -0.25) is 48.6 Å². The zero-order valence-electron chi connectivity index (χ0n) is 61.1. The van der Waals surface area contributed by atoms with E-state index in [9.17, 15) is 79.0 Å². The fourth-order valence-corrected chi connectivity index (χ4v) is 21.5. The molecule has 2 aromatic carbocycles. The number of hydrogen-bond donors (Lipinski definition) is 5. The highest BCUT2D eigenvalue weighted by Gasteiger charge is 2.63. The number of amides is 5. The Morgan fingerprint density at radius 3 is 1.21 bits per heavy atom. The molecule has 110 heavy (non-hydrogen) atoms. The van der Waals surface area contributed by atoms with E-state index in [1.165, 1.54) is 161 Å². The summed E-state index contributed by atoms with van der Waals surface area (Å²) in [5, 5.41) is 71.9. The van der Waals surface area contributed by atoms with Gasteiger partial charge in [0.15, 0.2) is 0 Å². The lowest BCUT2D eigenvalue weighted by atomic mass is 9.77. The maximum absolute atomic E-state index is 13.6. The van der Waals surface area contributed by atoms with Crippen LogP contribution in [0.1, 0.15) is 79.8 Å². The van der Waals surface area contributed by atoms with Gasteiger partial charge < -0.3 is 93.5 Å². The largest absolute Gasteiger partial charge is 1.00 e. The molecule has 2 unspecified atom stereocenters. The number of esters is 2. The summed E-state index contributed by atoms with van der Waals surface area (Å²) in [5.74, 6) is -7.07. The van der Waals surface area contributed by atoms with E-state index < -0.39 is 88.4 Å². The molecule has 3 saturated heterocycles. The number of hydrogen-bond acceptors (Lipinski definition) is 27. The van der Waals surface area contributed by atoms with Crippen molar-refractivity contribution in [1.82, 2.24) is 43.5 Å². The molecule has 6 aromatic heterocycles. The van der Waals surface area contributed by atoms with Gasteiger partial charge in [-0.05, 0) is 74.9 Å². The van der Waals surface area contributed by atoms with Crippen molar-refractivity contribution in [2.75, 3.05) is 47.1 Å². The van der Waals surface area contributed by atoms with Gasteiger partial charge in [-0.1, -0.05) is 67.0 Å². The summed E-state index contributed by atoms with van der Waals surface area (Å²) in [4.78, 5) is 137. The maximum Gasteiger partial charge on any atom is 0.355 e. The van der Waals surface area contributed by atoms with Gasteiger partial charge in [0.05, 0.1) is 90.3 Å². The number of aromatic nitrogens is 6. The number of methoxy groups -OCH3 is 2. The van der Waals surface area contributed by atoms with E-state index in [1.54, 1.807) is 48.9 Å². The standard InChI is InChI=1S/2C27H29N5O8S2.C16H17N3O4S2.HI/c2*1-13-18(17-10-29-12-30(24(39-4)22(34)28-3)26(41-5)25(29)42-17)21(31-20(13)19(14(2)33)23(31)35)27(36)40-11-15-6-8-16(9-7-15)32(37)38;1-6-9(8-4-18-5-17-13(24-3)15(18)25-8)12(16(22)23)19-11(6)10(7(2)20)14(19)21;/h2*6-10,12-14,19-20,24,33H,11H2,1-5H3;4-7,10-11,20H,1-3H3,(H,22,23);1H/t2*13-,14+,19+,20+,24?;6-,7+,10+,11+;/m000./s1. The number of rotatable bonds is 24. The highest BCUT2D eigenvalue weighted by Crippen LogP contribution is 2.55. The zero-order valence-corrected chi connectivity index (χ0v) is 68.2. The molecule has 40 heteroatoms. The Morgan fingerprint density at radius 1 is 0.564 bits per heavy atom. The van der Waals surface area contributed by atoms with Crippen molar-refractivity contribution in [3.8, 4) is 0 Å². The number of carbonyl (C=O) groups is 8. The number of thiazole rings is 3. The summed E-state index contributed by atoms with van der Waals surface area (Å²) >= 11 is 8.66.